The van der Waals surface area contributed by atoms with Gasteiger partial charge in [-0.2, -0.15) is 13.2 Å². The molecule has 0 atom stereocenters. The number of hydrogen-bond acceptors (Lipinski definition) is 2. The molecule has 2 aliphatic rings. The van der Waals surface area contributed by atoms with Crippen LogP contribution in [0.4, 0.5) is 18.0 Å². The van der Waals surface area contributed by atoms with Gasteiger partial charge in [0.1, 0.15) is 0 Å². The van der Waals surface area contributed by atoms with Gasteiger partial charge in [-0.15, -0.1) is 0 Å². The van der Waals surface area contributed by atoms with E-state index in [0.717, 1.165) is 12.3 Å². The smallest absolute Gasteiger partial charge is 0.338 e. The van der Waals surface area contributed by atoms with Crippen molar-refractivity contribution in [1.29, 1.82) is 0 Å². The molecule has 1 aliphatic heterocycles. The van der Waals surface area contributed by atoms with E-state index in [0.29, 0.717) is 32.6 Å². The molecule has 1 heterocycles. The van der Waals surface area contributed by atoms with Crippen molar-refractivity contribution in [2.45, 2.75) is 31.9 Å². The Morgan fingerprint density at radius 3 is 2.55 bits per heavy atom. The highest BCUT2D eigenvalue weighted by molar-refractivity contribution is 5.74. The fraction of sp³-hybridized carbons (Fsp3) is 0.923. The minimum absolute atomic E-state index is 0.139. The van der Waals surface area contributed by atoms with Gasteiger partial charge in [0, 0.05) is 32.7 Å². The van der Waals surface area contributed by atoms with E-state index in [9.17, 15) is 18.0 Å². The second-order valence-corrected chi connectivity index (χ2v) is 5.70. The number of alkyl halides is 3. The quantitative estimate of drug-likeness (QED) is 0.861. The van der Waals surface area contributed by atoms with Crippen molar-refractivity contribution in [3.05, 3.63) is 0 Å². The predicted molar refractivity (Wildman–Crippen MR) is 69.4 cm³/mol. The molecule has 1 saturated carbocycles. The Bertz CT molecular complexity index is 331. The molecule has 0 aromatic heterocycles. The SMILES string of the molecule is O=C(NCCC1CC1)N1CCCN(CC(F)(F)F)CC1. The van der Waals surface area contributed by atoms with Gasteiger partial charge in [-0.25, -0.2) is 4.79 Å². The summed E-state index contributed by atoms with van der Waals surface area (Å²) in [6.07, 6.45) is -0.0500. The molecule has 2 amide bonds. The zero-order valence-corrected chi connectivity index (χ0v) is 11.6. The van der Waals surface area contributed by atoms with E-state index < -0.39 is 12.7 Å². The monoisotopic (exact) mass is 293 g/mol. The number of urea groups is 1. The van der Waals surface area contributed by atoms with E-state index in [1.54, 1.807) is 4.90 Å². The van der Waals surface area contributed by atoms with Crippen LogP contribution in [0.25, 0.3) is 0 Å². The molecule has 20 heavy (non-hydrogen) atoms. The van der Waals surface area contributed by atoms with Gasteiger partial charge in [0.2, 0.25) is 0 Å². The van der Waals surface area contributed by atoms with Crippen LogP contribution in [-0.4, -0.2) is 61.3 Å². The van der Waals surface area contributed by atoms with Crippen molar-refractivity contribution in [3.8, 4) is 0 Å². The summed E-state index contributed by atoms with van der Waals surface area (Å²) in [6.45, 7) is 1.37. The number of amides is 2. The van der Waals surface area contributed by atoms with Crippen LogP contribution in [0, 0.1) is 5.92 Å². The highest BCUT2D eigenvalue weighted by atomic mass is 19.4. The first-order valence-electron chi connectivity index (χ1n) is 7.26. The zero-order chi connectivity index (χ0) is 14.6. The molecule has 0 radical (unpaired) electrons. The minimum atomic E-state index is -4.16. The van der Waals surface area contributed by atoms with Gasteiger partial charge in [-0.05, 0) is 18.8 Å². The standard InChI is InChI=1S/C13H22F3N3O/c14-13(15,16)10-18-6-1-7-19(9-8-18)12(20)17-5-4-11-2-3-11/h11H,1-10H2,(H,17,20). The van der Waals surface area contributed by atoms with Gasteiger partial charge in [-0.1, -0.05) is 12.8 Å². The van der Waals surface area contributed by atoms with Crippen molar-refractivity contribution in [3.63, 3.8) is 0 Å². The molecule has 0 aromatic carbocycles. The number of carbonyl (C=O) groups is 1. The summed E-state index contributed by atoms with van der Waals surface area (Å²) in [6, 6.07) is -0.139. The summed E-state index contributed by atoms with van der Waals surface area (Å²) in [5, 5.41) is 2.86. The topological polar surface area (TPSA) is 35.6 Å². The lowest BCUT2D eigenvalue weighted by Gasteiger charge is -2.23. The van der Waals surface area contributed by atoms with Crippen LogP contribution in [-0.2, 0) is 0 Å². The average molecular weight is 293 g/mol. The van der Waals surface area contributed by atoms with Gasteiger partial charge in [0.15, 0.2) is 0 Å². The highest BCUT2D eigenvalue weighted by Crippen LogP contribution is 2.31. The number of halogens is 3. The summed E-state index contributed by atoms with van der Waals surface area (Å²) in [4.78, 5) is 14.9. The first-order valence-corrected chi connectivity index (χ1v) is 7.26. The molecule has 2 fully saturated rings. The second-order valence-electron chi connectivity index (χ2n) is 5.70. The van der Waals surface area contributed by atoms with Crippen LogP contribution >= 0.6 is 0 Å². The third-order valence-corrected chi connectivity index (χ3v) is 3.80. The van der Waals surface area contributed by atoms with Crippen molar-refractivity contribution in [2.75, 3.05) is 39.3 Å². The molecule has 0 aromatic rings. The number of nitrogens with one attached hydrogen (secondary N) is 1. The molecule has 7 heteroatoms. The Morgan fingerprint density at radius 2 is 1.90 bits per heavy atom. The van der Waals surface area contributed by atoms with Crippen LogP contribution < -0.4 is 5.32 Å². The Labute approximate surface area is 117 Å². The Kier molecular flexibility index (Phi) is 5.12. The van der Waals surface area contributed by atoms with Crippen LogP contribution in [0.15, 0.2) is 0 Å². The maximum absolute atomic E-state index is 12.3. The summed E-state index contributed by atoms with van der Waals surface area (Å²) in [5.74, 6) is 0.765. The fourth-order valence-electron chi connectivity index (χ4n) is 2.49. The molecule has 0 unspecified atom stereocenters. The average Bonchev–Trinajstić information content (AvgIpc) is 3.14. The lowest BCUT2D eigenvalue weighted by atomic mass is 10.3. The van der Waals surface area contributed by atoms with Crippen molar-refractivity contribution in [2.24, 2.45) is 5.92 Å². The van der Waals surface area contributed by atoms with Crippen LogP contribution in [0.2, 0.25) is 0 Å². The lowest BCUT2D eigenvalue weighted by molar-refractivity contribution is -0.145. The summed E-state index contributed by atoms with van der Waals surface area (Å²) >= 11 is 0. The Balaban J connectivity index is 1.69. The number of rotatable bonds is 4. The van der Waals surface area contributed by atoms with E-state index >= 15 is 0 Å². The van der Waals surface area contributed by atoms with Crippen LogP contribution in [0.1, 0.15) is 25.7 Å². The molecule has 0 bridgehead atoms. The van der Waals surface area contributed by atoms with Gasteiger partial charge in [0.05, 0.1) is 6.54 Å². The van der Waals surface area contributed by atoms with Crippen molar-refractivity contribution < 1.29 is 18.0 Å². The Morgan fingerprint density at radius 1 is 1.15 bits per heavy atom. The fourth-order valence-corrected chi connectivity index (χ4v) is 2.49. The second kappa shape index (κ2) is 6.65. The highest BCUT2D eigenvalue weighted by Gasteiger charge is 2.31. The first-order chi connectivity index (χ1) is 9.44. The van der Waals surface area contributed by atoms with Gasteiger partial charge in [0.25, 0.3) is 0 Å². The third-order valence-electron chi connectivity index (χ3n) is 3.80. The molecular formula is C13H22F3N3O. The number of nitrogens with zero attached hydrogens (tertiary/aromatic N) is 2. The molecule has 1 N–H and O–H groups in total. The zero-order valence-electron chi connectivity index (χ0n) is 11.6. The maximum atomic E-state index is 12.3. The molecular weight excluding hydrogens is 271 g/mol. The van der Waals surface area contributed by atoms with E-state index in [2.05, 4.69) is 5.32 Å². The van der Waals surface area contributed by atoms with E-state index in [1.807, 2.05) is 0 Å². The molecule has 0 spiro atoms. The number of hydrogen-bond donors (Lipinski definition) is 1. The van der Waals surface area contributed by atoms with E-state index in [-0.39, 0.29) is 12.6 Å². The van der Waals surface area contributed by atoms with Crippen LogP contribution in [0.5, 0.6) is 0 Å². The Hall–Kier alpha value is -0.980. The summed E-state index contributed by atoms with van der Waals surface area (Å²) in [5.41, 5.74) is 0. The molecule has 2 rings (SSSR count). The molecule has 116 valence electrons. The molecule has 4 nitrogen and oxygen atoms in total. The minimum Gasteiger partial charge on any atom is -0.338 e. The third kappa shape index (κ3) is 5.56. The normalized spacial score (nSPS) is 21.6. The van der Waals surface area contributed by atoms with Crippen molar-refractivity contribution in [1.82, 2.24) is 15.1 Å². The van der Waals surface area contributed by atoms with Gasteiger partial charge >= 0.3 is 12.2 Å². The van der Waals surface area contributed by atoms with Gasteiger partial charge in [-0.3, -0.25) is 4.90 Å². The molecule has 1 saturated heterocycles. The summed E-state index contributed by atoms with van der Waals surface area (Å²) in [7, 11) is 0. The predicted octanol–water partition coefficient (Wildman–Crippen LogP) is 2.07. The largest absolute Gasteiger partial charge is 0.401 e. The number of carbonyl (C=O) groups excluding carboxylic acids is 1. The van der Waals surface area contributed by atoms with Crippen molar-refractivity contribution >= 4 is 6.03 Å². The summed E-state index contributed by atoms with van der Waals surface area (Å²) < 4.78 is 37.0. The maximum Gasteiger partial charge on any atom is 0.401 e. The first kappa shape index (κ1) is 15.4. The molecule has 1 aliphatic carbocycles. The van der Waals surface area contributed by atoms with Crippen LogP contribution in [0.3, 0.4) is 0 Å². The van der Waals surface area contributed by atoms with E-state index in [1.165, 1.54) is 17.7 Å². The van der Waals surface area contributed by atoms with Gasteiger partial charge < -0.3 is 10.2 Å². The lowest BCUT2D eigenvalue weighted by Crippen LogP contribution is -2.43. The van der Waals surface area contributed by atoms with E-state index in [4.69, 9.17) is 0 Å².